The van der Waals surface area contributed by atoms with E-state index in [1.165, 1.54) is 4.46 Å². The van der Waals surface area contributed by atoms with Crippen molar-refractivity contribution in [3.8, 4) is 0 Å². The fraction of sp³-hybridized carbons (Fsp3) is 0. The normalized spacial score (nSPS) is 12.7. The summed E-state index contributed by atoms with van der Waals surface area (Å²) in [5.41, 5.74) is 2.14. The molecule has 0 fully saturated rings. The van der Waals surface area contributed by atoms with Crippen molar-refractivity contribution >= 4 is 35.4 Å². The van der Waals surface area contributed by atoms with E-state index in [1.807, 2.05) is 30.3 Å². The zero-order valence-corrected chi connectivity index (χ0v) is 13.9. The molecule has 1 aliphatic carbocycles. The van der Waals surface area contributed by atoms with Crippen molar-refractivity contribution in [1.82, 2.24) is 0 Å². The Morgan fingerprint density at radius 2 is 1.17 bits per heavy atom. The standard InChI is InChI=1S/C20H12O2Se/c21-19-14-9-4-5-10-15(14)20(22)18-16(19)11-6-12-17(18)23-13-7-2-1-3-8-13/h1-12H. The Bertz CT molecular complexity index is 929. The predicted molar refractivity (Wildman–Crippen MR) is 91.2 cm³/mol. The second-order valence-corrected chi connectivity index (χ2v) is 7.64. The van der Waals surface area contributed by atoms with Crippen LogP contribution in [0.5, 0.6) is 0 Å². The molecular weight excluding hydrogens is 351 g/mol. The van der Waals surface area contributed by atoms with Crippen LogP contribution >= 0.6 is 0 Å². The number of hydrogen-bond acceptors (Lipinski definition) is 2. The number of carbonyl (C=O) groups is 2. The third-order valence-corrected chi connectivity index (χ3v) is 6.13. The second-order valence-electron chi connectivity index (χ2n) is 5.30. The van der Waals surface area contributed by atoms with Gasteiger partial charge in [0.2, 0.25) is 0 Å². The van der Waals surface area contributed by atoms with Gasteiger partial charge in [0.05, 0.1) is 0 Å². The Labute approximate surface area is 140 Å². The van der Waals surface area contributed by atoms with E-state index in [-0.39, 0.29) is 26.5 Å². The zero-order chi connectivity index (χ0) is 15.8. The van der Waals surface area contributed by atoms with E-state index in [9.17, 15) is 9.59 Å². The summed E-state index contributed by atoms with van der Waals surface area (Å²) in [7, 11) is 0. The van der Waals surface area contributed by atoms with E-state index in [4.69, 9.17) is 0 Å². The average Bonchev–Trinajstić information content (AvgIpc) is 2.60. The molecule has 0 bridgehead atoms. The number of rotatable bonds is 2. The molecule has 0 N–H and O–H groups in total. The molecule has 0 aliphatic heterocycles. The molecule has 3 heteroatoms. The summed E-state index contributed by atoms with van der Waals surface area (Å²) in [5, 5.41) is 0. The summed E-state index contributed by atoms with van der Waals surface area (Å²) in [5.74, 6) is -0.0930. The van der Waals surface area contributed by atoms with Crippen molar-refractivity contribution in [2.45, 2.75) is 0 Å². The van der Waals surface area contributed by atoms with Crippen LogP contribution in [0.2, 0.25) is 0 Å². The van der Waals surface area contributed by atoms with E-state index in [1.54, 1.807) is 30.3 Å². The van der Waals surface area contributed by atoms with Crippen LogP contribution < -0.4 is 8.92 Å². The summed E-state index contributed by atoms with van der Waals surface area (Å²) < 4.78 is 2.15. The maximum absolute atomic E-state index is 12.9. The molecule has 2 nitrogen and oxygen atoms in total. The minimum atomic E-state index is -0.0547. The van der Waals surface area contributed by atoms with Gasteiger partial charge in [-0.15, -0.1) is 0 Å². The second kappa shape index (κ2) is 5.62. The molecule has 4 rings (SSSR count). The number of fused-ring (bicyclic) bond motifs is 2. The van der Waals surface area contributed by atoms with Crippen LogP contribution in [-0.4, -0.2) is 26.5 Å². The molecule has 0 heterocycles. The Kier molecular flexibility index (Phi) is 3.45. The SMILES string of the molecule is O=C1c2ccccc2C(=O)c2c([Se]c3ccccc3)cccc21. The van der Waals surface area contributed by atoms with Crippen LogP contribution in [0.4, 0.5) is 0 Å². The first kappa shape index (κ1) is 14.1. The molecule has 0 amide bonds. The van der Waals surface area contributed by atoms with Gasteiger partial charge < -0.3 is 0 Å². The quantitative estimate of drug-likeness (QED) is 0.512. The van der Waals surface area contributed by atoms with Crippen LogP contribution in [0, 0.1) is 0 Å². The van der Waals surface area contributed by atoms with Gasteiger partial charge in [-0.25, -0.2) is 0 Å². The maximum atomic E-state index is 12.9. The fourth-order valence-corrected chi connectivity index (χ4v) is 4.91. The Hall–Kier alpha value is -2.48. The molecule has 0 saturated heterocycles. The van der Waals surface area contributed by atoms with Gasteiger partial charge in [-0.2, -0.15) is 0 Å². The summed E-state index contributed by atoms with van der Waals surface area (Å²) in [6.45, 7) is 0. The van der Waals surface area contributed by atoms with Crippen LogP contribution in [0.25, 0.3) is 0 Å². The molecule has 110 valence electrons. The monoisotopic (exact) mass is 364 g/mol. The van der Waals surface area contributed by atoms with E-state index in [0.717, 1.165) is 4.46 Å². The molecule has 3 aromatic carbocycles. The van der Waals surface area contributed by atoms with Crippen LogP contribution in [-0.2, 0) is 0 Å². The van der Waals surface area contributed by atoms with Crippen molar-refractivity contribution in [1.29, 1.82) is 0 Å². The molecule has 0 aromatic heterocycles. The minimum absolute atomic E-state index is 0.00513. The molecule has 0 atom stereocenters. The van der Waals surface area contributed by atoms with E-state index in [2.05, 4.69) is 12.1 Å². The topological polar surface area (TPSA) is 34.1 Å². The molecule has 1 aliphatic rings. The molecule has 0 radical (unpaired) electrons. The van der Waals surface area contributed by atoms with Gasteiger partial charge in [0.15, 0.2) is 0 Å². The fourth-order valence-electron chi connectivity index (χ4n) is 2.81. The van der Waals surface area contributed by atoms with Crippen molar-refractivity contribution in [3.63, 3.8) is 0 Å². The molecule has 0 saturated carbocycles. The first-order chi connectivity index (χ1) is 11.3. The van der Waals surface area contributed by atoms with Gasteiger partial charge >= 0.3 is 140 Å². The Balaban J connectivity index is 1.87. The van der Waals surface area contributed by atoms with E-state index < -0.39 is 0 Å². The van der Waals surface area contributed by atoms with Gasteiger partial charge in [-0.05, 0) is 0 Å². The van der Waals surface area contributed by atoms with Gasteiger partial charge in [0.25, 0.3) is 0 Å². The summed E-state index contributed by atoms with van der Waals surface area (Å²) in [6.07, 6.45) is 0. The number of carbonyl (C=O) groups excluding carboxylic acids is 2. The van der Waals surface area contributed by atoms with Gasteiger partial charge in [-0.1, -0.05) is 0 Å². The van der Waals surface area contributed by atoms with E-state index >= 15 is 0 Å². The van der Waals surface area contributed by atoms with Crippen molar-refractivity contribution in [2.75, 3.05) is 0 Å². The molecule has 23 heavy (non-hydrogen) atoms. The third kappa shape index (κ3) is 2.35. The van der Waals surface area contributed by atoms with Crippen molar-refractivity contribution in [3.05, 3.63) is 95.1 Å². The number of benzene rings is 3. The average molecular weight is 363 g/mol. The van der Waals surface area contributed by atoms with E-state index in [0.29, 0.717) is 22.3 Å². The van der Waals surface area contributed by atoms with Gasteiger partial charge in [0, 0.05) is 0 Å². The molecule has 3 aromatic rings. The zero-order valence-electron chi connectivity index (χ0n) is 12.2. The molecule has 0 unspecified atom stereocenters. The first-order valence-corrected chi connectivity index (χ1v) is 9.01. The van der Waals surface area contributed by atoms with Crippen LogP contribution in [0.15, 0.2) is 72.8 Å². The van der Waals surface area contributed by atoms with Gasteiger partial charge in [-0.3, -0.25) is 0 Å². The van der Waals surface area contributed by atoms with Crippen LogP contribution in [0.3, 0.4) is 0 Å². The van der Waals surface area contributed by atoms with Crippen molar-refractivity contribution in [2.24, 2.45) is 0 Å². The Morgan fingerprint density at radius 1 is 0.565 bits per heavy atom. The van der Waals surface area contributed by atoms with Crippen molar-refractivity contribution < 1.29 is 9.59 Å². The van der Waals surface area contributed by atoms with Gasteiger partial charge in [0.1, 0.15) is 0 Å². The summed E-state index contributed by atoms with van der Waals surface area (Å²) in [4.78, 5) is 25.6. The molecule has 0 spiro atoms. The number of ketones is 2. The third-order valence-electron chi connectivity index (χ3n) is 3.89. The summed E-state index contributed by atoms with van der Waals surface area (Å²) in [6, 6.07) is 22.8. The molecular formula is C20H12O2Se. The predicted octanol–water partition coefficient (Wildman–Crippen LogP) is 2.12. The first-order valence-electron chi connectivity index (χ1n) is 7.30. The van der Waals surface area contributed by atoms with Crippen LogP contribution in [0.1, 0.15) is 31.8 Å². The number of hydrogen-bond donors (Lipinski definition) is 0. The Morgan fingerprint density at radius 3 is 1.91 bits per heavy atom. The summed E-state index contributed by atoms with van der Waals surface area (Å²) >= 11 is -0.00513.